The van der Waals surface area contributed by atoms with Gasteiger partial charge in [-0.15, -0.1) is 11.6 Å². The van der Waals surface area contributed by atoms with Crippen LogP contribution in [0.15, 0.2) is 0 Å². The highest BCUT2D eigenvalue weighted by molar-refractivity contribution is 9.10. The summed E-state index contributed by atoms with van der Waals surface area (Å²) in [5, 5.41) is 0.943. The predicted octanol–water partition coefficient (Wildman–Crippen LogP) is 3.12. The van der Waals surface area contributed by atoms with Gasteiger partial charge in [-0.3, -0.25) is 0 Å². The molecule has 44 valence electrons. The Morgan fingerprint density at radius 2 is 2.14 bits per heavy atom. The summed E-state index contributed by atoms with van der Waals surface area (Å²) in [7, 11) is 0. The first kappa shape index (κ1) is 8.25. The first-order chi connectivity index (χ1) is 3.06. The van der Waals surface area contributed by atoms with Gasteiger partial charge in [-0.1, -0.05) is 31.9 Å². The van der Waals surface area contributed by atoms with Gasteiger partial charge in [0.15, 0.2) is 0 Å². The number of hydrogen-bond acceptors (Lipinski definition) is 0. The highest BCUT2D eigenvalue weighted by atomic mass is 79.9. The standard InChI is InChI=1S/C4H7Br2Cl/c1-4(6,7)2-3-5/h2-3H2,1H3. The topological polar surface area (TPSA) is 0 Å². The average Bonchev–Trinajstić information content (AvgIpc) is 1.30. The molecule has 1 atom stereocenters. The first-order valence-electron chi connectivity index (χ1n) is 2.00. The van der Waals surface area contributed by atoms with Crippen molar-refractivity contribution < 1.29 is 0 Å². The van der Waals surface area contributed by atoms with E-state index in [0.29, 0.717) is 0 Å². The minimum absolute atomic E-state index is 0.212. The van der Waals surface area contributed by atoms with Crippen LogP contribution in [0.3, 0.4) is 0 Å². The van der Waals surface area contributed by atoms with E-state index >= 15 is 0 Å². The van der Waals surface area contributed by atoms with Crippen molar-refractivity contribution in [1.29, 1.82) is 0 Å². The van der Waals surface area contributed by atoms with E-state index in [0.717, 1.165) is 11.8 Å². The maximum Gasteiger partial charge on any atom is 0.0972 e. The Hall–Kier alpha value is 1.25. The third kappa shape index (κ3) is 7.25. The third-order valence-electron chi connectivity index (χ3n) is 0.533. The maximum atomic E-state index is 5.72. The summed E-state index contributed by atoms with van der Waals surface area (Å²) >= 11 is 12.3. The lowest BCUT2D eigenvalue weighted by atomic mass is 10.4. The fourth-order valence-electron chi connectivity index (χ4n) is 0.166. The van der Waals surface area contributed by atoms with Crippen LogP contribution in [0.25, 0.3) is 0 Å². The quantitative estimate of drug-likeness (QED) is 0.661. The average molecular weight is 250 g/mol. The summed E-state index contributed by atoms with van der Waals surface area (Å²) in [6.07, 6.45) is 0.939. The van der Waals surface area contributed by atoms with E-state index in [2.05, 4.69) is 31.9 Å². The molecule has 3 heteroatoms. The molecule has 0 aliphatic heterocycles. The van der Waals surface area contributed by atoms with Gasteiger partial charge >= 0.3 is 0 Å². The summed E-state index contributed by atoms with van der Waals surface area (Å²) in [6.45, 7) is 1.93. The van der Waals surface area contributed by atoms with Crippen molar-refractivity contribution in [2.24, 2.45) is 0 Å². The molecule has 0 aromatic rings. The van der Waals surface area contributed by atoms with Crippen molar-refractivity contribution >= 4 is 43.5 Å². The molecule has 0 heterocycles. The highest BCUT2D eigenvalue weighted by Crippen LogP contribution is 2.26. The summed E-state index contributed by atoms with van der Waals surface area (Å²) in [6, 6.07) is 0. The van der Waals surface area contributed by atoms with Crippen LogP contribution in [0.2, 0.25) is 0 Å². The van der Waals surface area contributed by atoms with Gasteiger partial charge in [0.05, 0.1) is 3.78 Å². The number of hydrogen-bond donors (Lipinski definition) is 0. The number of alkyl halides is 3. The molecule has 0 N–H and O–H groups in total. The second-order valence-electron chi connectivity index (χ2n) is 1.51. The van der Waals surface area contributed by atoms with E-state index in [1.807, 2.05) is 6.92 Å². The Bertz CT molecular complexity index is 48.1. The van der Waals surface area contributed by atoms with Crippen molar-refractivity contribution in [3.8, 4) is 0 Å². The van der Waals surface area contributed by atoms with Gasteiger partial charge in [0.25, 0.3) is 0 Å². The Balaban J connectivity index is 3.15. The Kier molecular flexibility index (Phi) is 3.90. The van der Waals surface area contributed by atoms with Gasteiger partial charge in [0.2, 0.25) is 0 Å². The molecule has 0 rings (SSSR count). The molecule has 0 saturated heterocycles. The molecule has 1 unspecified atom stereocenters. The normalized spacial score (nSPS) is 18.9. The van der Waals surface area contributed by atoms with Gasteiger partial charge in [-0.25, -0.2) is 0 Å². The van der Waals surface area contributed by atoms with Crippen LogP contribution in [0.4, 0.5) is 0 Å². The molecule has 0 nitrogen and oxygen atoms in total. The zero-order valence-electron chi connectivity index (χ0n) is 4.05. The van der Waals surface area contributed by atoms with Crippen molar-refractivity contribution in [2.45, 2.75) is 17.1 Å². The zero-order valence-corrected chi connectivity index (χ0v) is 7.98. The molecule has 0 saturated carbocycles. The lowest BCUT2D eigenvalue weighted by Crippen LogP contribution is -2.04. The van der Waals surface area contributed by atoms with Crippen LogP contribution in [0, 0.1) is 0 Å². The molecule has 0 fully saturated rings. The minimum atomic E-state index is -0.212. The predicted molar refractivity (Wildman–Crippen MR) is 41.6 cm³/mol. The second-order valence-corrected chi connectivity index (χ2v) is 5.34. The van der Waals surface area contributed by atoms with Gasteiger partial charge in [0, 0.05) is 5.33 Å². The van der Waals surface area contributed by atoms with E-state index < -0.39 is 0 Å². The van der Waals surface area contributed by atoms with Crippen LogP contribution >= 0.6 is 43.5 Å². The van der Waals surface area contributed by atoms with E-state index in [4.69, 9.17) is 11.6 Å². The number of halogens is 3. The van der Waals surface area contributed by atoms with E-state index in [1.165, 1.54) is 0 Å². The molecule has 0 amide bonds. The molecule has 0 aliphatic rings. The van der Waals surface area contributed by atoms with Crippen LogP contribution in [0.1, 0.15) is 13.3 Å². The molecule has 0 bridgehead atoms. The molecular weight excluding hydrogens is 243 g/mol. The smallest absolute Gasteiger partial charge is 0.0972 e. The van der Waals surface area contributed by atoms with Crippen molar-refractivity contribution in [3.63, 3.8) is 0 Å². The summed E-state index contributed by atoms with van der Waals surface area (Å²) in [5.74, 6) is 0. The van der Waals surface area contributed by atoms with Crippen molar-refractivity contribution in [2.75, 3.05) is 5.33 Å². The monoisotopic (exact) mass is 248 g/mol. The first-order valence-corrected chi connectivity index (χ1v) is 4.29. The largest absolute Gasteiger partial charge is 0.107 e. The lowest BCUT2D eigenvalue weighted by Gasteiger charge is -2.08. The van der Waals surface area contributed by atoms with Crippen molar-refractivity contribution in [1.82, 2.24) is 0 Å². The van der Waals surface area contributed by atoms with Gasteiger partial charge in [-0.05, 0) is 13.3 Å². The van der Waals surface area contributed by atoms with Crippen LogP contribution in [-0.4, -0.2) is 9.11 Å². The maximum absolute atomic E-state index is 5.72. The van der Waals surface area contributed by atoms with E-state index in [9.17, 15) is 0 Å². The molecule has 0 radical (unpaired) electrons. The molecule has 0 aliphatic carbocycles. The van der Waals surface area contributed by atoms with Crippen LogP contribution in [0.5, 0.6) is 0 Å². The molecule has 7 heavy (non-hydrogen) atoms. The number of rotatable bonds is 2. The highest BCUT2D eigenvalue weighted by Gasteiger charge is 2.12. The molecular formula is C4H7Br2Cl. The van der Waals surface area contributed by atoms with E-state index in [-0.39, 0.29) is 3.78 Å². The van der Waals surface area contributed by atoms with E-state index in [1.54, 1.807) is 0 Å². The zero-order chi connectivity index (χ0) is 5.91. The Morgan fingerprint density at radius 1 is 1.71 bits per heavy atom. The molecule has 0 aromatic heterocycles. The van der Waals surface area contributed by atoms with Crippen molar-refractivity contribution in [3.05, 3.63) is 0 Å². The third-order valence-corrected chi connectivity index (χ3v) is 1.52. The van der Waals surface area contributed by atoms with Gasteiger partial charge < -0.3 is 0 Å². The Morgan fingerprint density at radius 3 is 2.14 bits per heavy atom. The van der Waals surface area contributed by atoms with Crippen LogP contribution in [-0.2, 0) is 0 Å². The Labute approximate surface area is 65.9 Å². The minimum Gasteiger partial charge on any atom is -0.107 e. The molecule has 0 aromatic carbocycles. The van der Waals surface area contributed by atoms with Gasteiger partial charge in [-0.2, -0.15) is 0 Å². The lowest BCUT2D eigenvalue weighted by molar-refractivity contribution is 0.865. The van der Waals surface area contributed by atoms with Gasteiger partial charge in [0.1, 0.15) is 0 Å². The summed E-state index contributed by atoms with van der Waals surface area (Å²) < 4.78 is -0.212. The summed E-state index contributed by atoms with van der Waals surface area (Å²) in [5.41, 5.74) is 0. The fourth-order valence-corrected chi connectivity index (χ4v) is 2.01. The SMILES string of the molecule is CC(Cl)(Br)CCBr. The summed E-state index contributed by atoms with van der Waals surface area (Å²) in [4.78, 5) is 0. The second kappa shape index (κ2) is 3.31. The molecule has 0 spiro atoms. The fraction of sp³-hybridized carbons (Fsp3) is 1.00. The van der Waals surface area contributed by atoms with Crippen LogP contribution < -0.4 is 0 Å².